The van der Waals surface area contributed by atoms with Crippen molar-refractivity contribution in [1.82, 2.24) is 4.98 Å². The van der Waals surface area contributed by atoms with Gasteiger partial charge in [0.25, 0.3) is 0 Å². The van der Waals surface area contributed by atoms with Gasteiger partial charge in [-0.15, -0.1) is 0 Å². The van der Waals surface area contributed by atoms with Gasteiger partial charge < -0.3 is 15.5 Å². The summed E-state index contributed by atoms with van der Waals surface area (Å²) >= 11 is 0. The van der Waals surface area contributed by atoms with Crippen LogP contribution in [0, 0.1) is 6.92 Å². The molecule has 0 fully saturated rings. The van der Waals surface area contributed by atoms with Crippen LogP contribution in [0.15, 0.2) is 12.1 Å². The lowest BCUT2D eigenvalue weighted by Crippen LogP contribution is -1.94. The molecule has 3 N–H and O–H groups in total. The van der Waals surface area contributed by atoms with Crippen LogP contribution >= 0.6 is 0 Å². The first kappa shape index (κ1) is 9.58. The molecule has 15 heavy (non-hydrogen) atoms. The molecular weight excluding hydrogens is 192 g/mol. The molecule has 0 saturated carbocycles. The number of ether oxygens (including phenoxy) is 1. The van der Waals surface area contributed by atoms with E-state index in [0.29, 0.717) is 17.0 Å². The van der Waals surface area contributed by atoms with Crippen LogP contribution in [0.5, 0.6) is 5.75 Å². The molecule has 4 heteroatoms. The van der Waals surface area contributed by atoms with Crippen LogP contribution in [0.1, 0.15) is 16.1 Å². The lowest BCUT2D eigenvalue weighted by atomic mass is 10.1. The van der Waals surface area contributed by atoms with Gasteiger partial charge >= 0.3 is 0 Å². The van der Waals surface area contributed by atoms with Crippen LogP contribution < -0.4 is 10.5 Å². The highest BCUT2D eigenvalue weighted by Gasteiger charge is 2.13. The van der Waals surface area contributed by atoms with Crippen LogP contribution in [0.3, 0.4) is 0 Å². The number of benzene rings is 1. The van der Waals surface area contributed by atoms with E-state index in [0.717, 1.165) is 22.9 Å². The zero-order valence-electron chi connectivity index (χ0n) is 8.63. The SMILES string of the molecule is COc1ccc2[nH]c(C)c(C=O)c2c1N. The Kier molecular flexibility index (Phi) is 2.11. The van der Waals surface area contributed by atoms with Crippen LogP contribution in [0.4, 0.5) is 5.69 Å². The fraction of sp³-hybridized carbons (Fsp3) is 0.182. The standard InChI is InChI=1S/C11H12N2O2/c1-6-7(5-14)10-8(13-6)3-4-9(15-2)11(10)12/h3-5,13H,12H2,1-2H3. The maximum absolute atomic E-state index is 10.9. The molecule has 0 bridgehead atoms. The molecule has 0 unspecified atom stereocenters. The molecule has 1 heterocycles. The number of aldehydes is 1. The van der Waals surface area contributed by atoms with Crippen LogP contribution in [-0.4, -0.2) is 18.4 Å². The number of aromatic nitrogens is 1. The van der Waals surface area contributed by atoms with E-state index in [1.807, 2.05) is 13.0 Å². The molecule has 4 nitrogen and oxygen atoms in total. The van der Waals surface area contributed by atoms with Crippen molar-refractivity contribution in [2.24, 2.45) is 0 Å². The summed E-state index contributed by atoms with van der Waals surface area (Å²) in [7, 11) is 1.55. The number of nitrogens with two attached hydrogens (primary N) is 1. The fourth-order valence-electron chi connectivity index (χ4n) is 1.78. The number of anilines is 1. The number of nitrogen functional groups attached to an aromatic ring is 1. The topological polar surface area (TPSA) is 68.1 Å². The van der Waals surface area contributed by atoms with Gasteiger partial charge in [-0.2, -0.15) is 0 Å². The minimum atomic E-state index is 0.501. The Hall–Kier alpha value is -1.97. The van der Waals surface area contributed by atoms with Gasteiger partial charge in [0.2, 0.25) is 0 Å². The predicted molar refractivity (Wildman–Crippen MR) is 59.4 cm³/mol. The molecule has 0 atom stereocenters. The number of nitrogens with one attached hydrogen (secondary N) is 1. The van der Waals surface area contributed by atoms with Gasteiger partial charge in [0.15, 0.2) is 6.29 Å². The molecule has 0 aliphatic carbocycles. The third-order valence-corrected chi connectivity index (χ3v) is 2.54. The zero-order chi connectivity index (χ0) is 11.0. The van der Waals surface area contributed by atoms with E-state index < -0.39 is 0 Å². The molecule has 0 amide bonds. The van der Waals surface area contributed by atoms with Crippen molar-refractivity contribution in [1.29, 1.82) is 0 Å². The molecular formula is C11H12N2O2. The van der Waals surface area contributed by atoms with Crippen molar-refractivity contribution in [2.45, 2.75) is 6.92 Å². The monoisotopic (exact) mass is 204 g/mol. The molecule has 78 valence electrons. The Morgan fingerprint density at radius 3 is 2.80 bits per heavy atom. The maximum Gasteiger partial charge on any atom is 0.152 e. The maximum atomic E-state index is 10.9. The number of rotatable bonds is 2. The first-order chi connectivity index (χ1) is 7.19. The van der Waals surface area contributed by atoms with Gasteiger partial charge in [-0.3, -0.25) is 4.79 Å². The summed E-state index contributed by atoms with van der Waals surface area (Å²) < 4.78 is 5.11. The zero-order valence-corrected chi connectivity index (χ0v) is 8.63. The first-order valence-electron chi connectivity index (χ1n) is 4.59. The average molecular weight is 204 g/mol. The highest BCUT2D eigenvalue weighted by molar-refractivity contribution is 6.06. The van der Waals surface area contributed by atoms with Crippen LogP contribution in [0.2, 0.25) is 0 Å². The van der Waals surface area contributed by atoms with Crippen molar-refractivity contribution in [2.75, 3.05) is 12.8 Å². The number of carbonyl (C=O) groups excluding carboxylic acids is 1. The Labute approximate surface area is 87.0 Å². The predicted octanol–water partition coefficient (Wildman–Crippen LogP) is 1.88. The van der Waals surface area contributed by atoms with Crippen molar-refractivity contribution in [3.8, 4) is 5.75 Å². The number of H-pyrrole nitrogens is 1. The van der Waals surface area contributed by atoms with E-state index in [1.165, 1.54) is 0 Å². The summed E-state index contributed by atoms with van der Waals surface area (Å²) in [6, 6.07) is 3.63. The van der Waals surface area contributed by atoms with Gasteiger partial charge in [0, 0.05) is 22.2 Å². The fourth-order valence-corrected chi connectivity index (χ4v) is 1.78. The van der Waals surface area contributed by atoms with Gasteiger partial charge in [-0.05, 0) is 19.1 Å². The van der Waals surface area contributed by atoms with E-state index >= 15 is 0 Å². The lowest BCUT2D eigenvalue weighted by molar-refractivity contribution is 0.112. The summed E-state index contributed by atoms with van der Waals surface area (Å²) in [6.07, 6.45) is 0.809. The lowest BCUT2D eigenvalue weighted by Gasteiger charge is -2.05. The summed E-state index contributed by atoms with van der Waals surface area (Å²) in [4.78, 5) is 14.0. The second kappa shape index (κ2) is 3.31. The average Bonchev–Trinajstić information content (AvgIpc) is 2.55. The molecule has 0 aliphatic rings. The number of aryl methyl sites for hydroxylation is 1. The Balaban J connectivity index is 2.89. The Morgan fingerprint density at radius 1 is 1.47 bits per heavy atom. The molecule has 0 radical (unpaired) electrons. The van der Waals surface area contributed by atoms with Crippen molar-refractivity contribution >= 4 is 22.9 Å². The number of aromatic amines is 1. The molecule has 1 aromatic carbocycles. The molecule has 0 aliphatic heterocycles. The van der Waals surface area contributed by atoms with Crippen LogP contribution in [-0.2, 0) is 0 Å². The second-order valence-corrected chi connectivity index (χ2v) is 3.39. The van der Waals surface area contributed by atoms with Gasteiger partial charge in [-0.25, -0.2) is 0 Å². The smallest absolute Gasteiger partial charge is 0.152 e. The minimum Gasteiger partial charge on any atom is -0.495 e. The normalized spacial score (nSPS) is 10.5. The van der Waals surface area contributed by atoms with Gasteiger partial charge in [0.05, 0.1) is 12.8 Å². The highest BCUT2D eigenvalue weighted by atomic mass is 16.5. The van der Waals surface area contributed by atoms with E-state index in [1.54, 1.807) is 13.2 Å². The number of methoxy groups -OCH3 is 1. The first-order valence-corrected chi connectivity index (χ1v) is 4.59. The van der Waals surface area contributed by atoms with Crippen molar-refractivity contribution in [3.63, 3.8) is 0 Å². The largest absolute Gasteiger partial charge is 0.495 e. The summed E-state index contributed by atoms with van der Waals surface area (Å²) in [5.74, 6) is 0.588. The number of carbonyl (C=O) groups is 1. The molecule has 1 aromatic heterocycles. The Morgan fingerprint density at radius 2 is 2.20 bits per heavy atom. The number of hydrogen-bond donors (Lipinski definition) is 2. The molecule has 0 saturated heterocycles. The van der Waals surface area contributed by atoms with E-state index in [2.05, 4.69) is 4.98 Å². The third kappa shape index (κ3) is 1.26. The molecule has 2 rings (SSSR count). The van der Waals surface area contributed by atoms with Gasteiger partial charge in [-0.1, -0.05) is 0 Å². The summed E-state index contributed by atoms with van der Waals surface area (Å²) in [5.41, 5.74) is 8.69. The summed E-state index contributed by atoms with van der Waals surface area (Å²) in [6.45, 7) is 1.84. The number of fused-ring (bicyclic) bond motifs is 1. The molecule has 0 spiro atoms. The van der Waals surface area contributed by atoms with E-state index in [9.17, 15) is 4.79 Å². The van der Waals surface area contributed by atoms with Gasteiger partial charge in [0.1, 0.15) is 5.75 Å². The minimum absolute atomic E-state index is 0.501. The van der Waals surface area contributed by atoms with E-state index in [-0.39, 0.29) is 0 Å². The van der Waals surface area contributed by atoms with Crippen LogP contribution in [0.25, 0.3) is 10.9 Å². The third-order valence-electron chi connectivity index (χ3n) is 2.54. The van der Waals surface area contributed by atoms with Crippen molar-refractivity contribution in [3.05, 3.63) is 23.4 Å². The van der Waals surface area contributed by atoms with Crippen molar-refractivity contribution < 1.29 is 9.53 Å². The highest BCUT2D eigenvalue weighted by Crippen LogP contribution is 2.33. The summed E-state index contributed by atoms with van der Waals surface area (Å²) in [5, 5.41) is 0.738. The molecule has 2 aromatic rings. The number of hydrogen-bond acceptors (Lipinski definition) is 3. The second-order valence-electron chi connectivity index (χ2n) is 3.39. The quantitative estimate of drug-likeness (QED) is 0.579. The van der Waals surface area contributed by atoms with E-state index in [4.69, 9.17) is 10.5 Å². The Bertz CT molecular complexity index is 529.